The molecule has 0 spiro atoms. The van der Waals surface area contributed by atoms with Crippen molar-refractivity contribution in [2.24, 2.45) is 5.92 Å². The number of hydrogen-bond acceptors (Lipinski definition) is 1. The summed E-state index contributed by atoms with van der Waals surface area (Å²) in [5.41, 5.74) is 15.4. The van der Waals surface area contributed by atoms with Crippen molar-refractivity contribution in [2.45, 2.75) is 105 Å². The number of allylic oxidation sites excluding steroid dienone is 16. The molecule has 0 fully saturated rings. The van der Waals surface area contributed by atoms with Crippen molar-refractivity contribution in [1.82, 2.24) is 0 Å². The van der Waals surface area contributed by atoms with Gasteiger partial charge in [-0.05, 0) is 119 Å². The Kier molecular flexibility index (Phi) is 18.5. The van der Waals surface area contributed by atoms with Gasteiger partial charge in [0.15, 0.2) is 0 Å². The predicted octanol–water partition coefficient (Wildman–Crippen LogP) is 18.3. The molecule has 0 heterocycles. The summed E-state index contributed by atoms with van der Waals surface area (Å²) in [7, 11) is 0. The average Bonchev–Trinajstić information content (AvgIpc) is 3.91. The van der Waals surface area contributed by atoms with E-state index >= 15 is 0 Å². The summed E-state index contributed by atoms with van der Waals surface area (Å²) in [6.45, 7) is 25.1. The van der Waals surface area contributed by atoms with Crippen LogP contribution in [0.4, 0.5) is 5.69 Å². The predicted molar refractivity (Wildman–Crippen MR) is 293 cm³/mol. The highest BCUT2D eigenvalue weighted by Gasteiger charge is 2.43. The number of para-hydroxylation sites is 1. The lowest BCUT2D eigenvalue weighted by Crippen LogP contribution is -2.31. The molecule has 3 aliphatic carbocycles. The minimum atomic E-state index is -0.410. The van der Waals surface area contributed by atoms with E-state index < -0.39 is 5.41 Å². The van der Waals surface area contributed by atoms with E-state index in [0.717, 1.165) is 19.3 Å². The topological polar surface area (TPSA) is 12.0 Å². The van der Waals surface area contributed by atoms with Crippen molar-refractivity contribution in [3.05, 3.63) is 264 Å². The van der Waals surface area contributed by atoms with Crippen LogP contribution >= 0.6 is 0 Å². The number of fused-ring (bicyclic) bond motifs is 1. The van der Waals surface area contributed by atoms with Crippen LogP contribution in [-0.2, 0) is 10.8 Å². The van der Waals surface area contributed by atoms with Gasteiger partial charge in [-0.25, -0.2) is 0 Å². The molecule has 0 saturated carbocycles. The molecule has 8 rings (SSSR count). The highest BCUT2D eigenvalue weighted by molar-refractivity contribution is 5.88. The zero-order valence-corrected chi connectivity index (χ0v) is 41.6. The maximum absolute atomic E-state index is 3.77. The van der Waals surface area contributed by atoms with E-state index in [-0.39, 0.29) is 11.0 Å². The van der Waals surface area contributed by atoms with Crippen LogP contribution < -0.4 is 5.32 Å². The molecule has 3 aliphatic rings. The van der Waals surface area contributed by atoms with Gasteiger partial charge in [0.2, 0.25) is 0 Å². The second-order valence-corrected chi connectivity index (χ2v) is 18.0. The monoisotopic (exact) mass is 870 g/mol. The van der Waals surface area contributed by atoms with Gasteiger partial charge < -0.3 is 5.32 Å². The molecule has 0 aliphatic heterocycles. The molecule has 0 bridgehead atoms. The number of benzene rings is 5. The maximum Gasteiger partial charge on any atom is 0.0650 e. The van der Waals surface area contributed by atoms with E-state index in [1.807, 2.05) is 71.0 Å². The van der Waals surface area contributed by atoms with Crippen LogP contribution in [0.2, 0.25) is 0 Å². The first-order valence-electron chi connectivity index (χ1n) is 24.3. The first-order chi connectivity index (χ1) is 32.1. The molecule has 0 aromatic heterocycles. The number of anilines is 1. The molecule has 3 unspecified atom stereocenters. The van der Waals surface area contributed by atoms with Gasteiger partial charge in [-0.2, -0.15) is 0 Å². The fourth-order valence-corrected chi connectivity index (χ4v) is 9.43. The Morgan fingerprint density at radius 1 is 0.712 bits per heavy atom. The summed E-state index contributed by atoms with van der Waals surface area (Å²) in [6.07, 6.45) is 32.0. The lowest BCUT2D eigenvalue weighted by molar-refractivity contribution is 0.543. The Morgan fingerprint density at radius 3 is 1.98 bits per heavy atom. The zero-order chi connectivity index (χ0) is 47.6. The van der Waals surface area contributed by atoms with E-state index in [0.29, 0.717) is 5.92 Å². The molecule has 0 saturated heterocycles. The van der Waals surface area contributed by atoms with Crippen molar-refractivity contribution >= 4 is 22.4 Å². The summed E-state index contributed by atoms with van der Waals surface area (Å²) >= 11 is 0. The van der Waals surface area contributed by atoms with Crippen molar-refractivity contribution in [1.29, 1.82) is 0 Å². The fraction of sp³-hybridized carbons (Fsp3) is 0.262. The fourth-order valence-electron chi connectivity index (χ4n) is 9.43. The third kappa shape index (κ3) is 12.1. The second kappa shape index (κ2) is 24.2. The molecule has 340 valence electrons. The first-order valence-corrected chi connectivity index (χ1v) is 24.3. The SMILES string of the molecule is C/C=C\C=C/C1=CC(c2ccccc2)(c2ccccc2C(C)(C)C)c2cc(C3=CC=C(C4C=CC(C)(Nc5ccccc5)C4)CC3)ccc21.C=C/C=C(\C=C/C)c1ccccc1.CC.CC. The smallest absolute Gasteiger partial charge is 0.0650 e. The molecular formula is C65H75N. The Morgan fingerprint density at radius 2 is 1.36 bits per heavy atom. The third-order valence-electron chi connectivity index (χ3n) is 12.4. The van der Waals surface area contributed by atoms with Gasteiger partial charge in [-0.3, -0.25) is 0 Å². The summed E-state index contributed by atoms with van der Waals surface area (Å²) in [5.74, 6) is 0.467. The van der Waals surface area contributed by atoms with Gasteiger partial charge in [-0.15, -0.1) is 0 Å². The van der Waals surface area contributed by atoms with Gasteiger partial charge in [0.25, 0.3) is 0 Å². The van der Waals surface area contributed by atoms with Crippen molar-refractivity contribution in [2.75, 3.05) is 5.32 Å². The Hall–Kier alpha value is -6.44. The Labute approximate surface area is 400 Å². The molecule has 1 nitrogen and oxygen atoms in total. The van der Waals surface area contributed by atoms with E-state index in [1.54, 1.807) is 0 Å². The van der Waals surface area contributed by atoms with Gasteiger partial charge in [0.1, 0.15) is 0 Å². The van der Waals surface area contributed by atoms with Gasteiger partial charge in [0.05, 0.1) is 11.0 Å². The van der Waals surface area contributed by atoms with Crippen LogP contribution in [0, 0.1) is 5.92 Å². The minimum Gasteiger partial charge on any atom is -0.376 e. The van der Waals surface area contributed by atoms with E-state index in [2.05, 4.69) is 223 Å². The second-order valence-electron chi connectivity index (χ2n) is 18.0. The lowest BCUT2D eigenvalue weighted by Gasteiger charge is -2.36. The first kappa shape index (κ1) is 50.6. The van der Waals surface area contributed by atoms with Crippen LogP contribution in [0.25, 0.3) is 16.7 Å². The van der Waals surface area contributed by atoms with Crippen LogP contribution in [0.5, 0.6) is 0 Å². The zero-order valence-electron chi connectivity index (χ0n) is 41.6. The number of rotatable bonds is 11. The molecule has 1 heteroatoms. The standard InChI is InChI=1S/C48H49N.C13H14.2C2H6/c1-6-7-10-17-39-34-48(40-18-11-8-12-19-40,44-23-16-15-22-43(44)46(2,3)4)45-32-37(28-29-42(39)45)35-24-26-36(27-25-35)38-30-31-47(5,33-38)49-41-20-13-9-14-21-41;1-3-8-12(9-4-2)13-10-6-5-7-11-13;2*1-2/h6-24,26,28-32,34,38,49H,25,27,33H2,1-5H3;3-11H,1H2,2H3;2*1-2H3/b7-6-,17-10-;9-4-,12-8+;;. The molecule has 3 atom stereocenters. The molecule has 1 N–H and O–H groups in total. The molecule has 0 amide bonds. The van der Waals surface area contributed by atoms with Crippen molar-refractivity contribution in [3.63, 3.8) is 0 Å². The normalized spacial score (nSPS) is 19.9. The van der Waals surface area contributed by atoms with E-state index in [1.165, 1.54) is 66.9 Å². The van der Waals surface area contributed by atoms with E-state index in [9.17, 15) is 0 Å². The number of hydrogen-bond donors (Lipinski definition) is 1. The van der Waals surface area contributed by atoms with Crippen molar-refractivity contribution < 1.29 is 0 Å². The molecule has 66 heavy (non-hydrogen) atoms. The van der Waals surface area contributed by atoms with Gasteiger partial charge >= 0.3 is 0 Å². The molecule has 5 aromatic carbocycles. The molecule has 0 radical (unpaired) electrons. The maximum atomic E-state index is 3.77. The van der Waals surface area contributed by atoms with Crippen LogP contribution in [0.3, 0.4) is 0 Å². The average molecular weight is 870 g/mol. The van der Waals surface area contributed by atoms with Gasteiger partial charge in [0, 0.05) is 11.6 Å². The largest absolute Gasteiger partial charge is 0.376 e. The quantitative estimate of drug-likeness (QED) is 0.103. The number of nitrogens with one attached hydrogen (secondary N) is 1. The van der Waals surface area contributed by atoms with E-state index in [4.69, 9.17) is 0 Å². The lowest BCUT2D eigenvalue weighted by atomic mass is 9.66. The Bertz CT molecular complexity index is 2580. The summed E-state index contributed by atoms with van der Waals surface area (Å²) < 4.78 is 0. The Balaban J connectivity index is 0.000000410. The molecule has 5 aromatic rings. The summed E-state index contributed by atoms with van der Waals surface area (Å²) in [6, 6.07) is 48.4. The van der Waals surface area contributed by atoms with Crippen LogP contribution in [-0.4, -0.2) is 5.54 Å². The van der Waals surface area contributed by atoms with Crippen molar-refractivity contribution in [3.8, 4) is 0 Å². The molecular weight excluding hydrogens is 795 g/mol. The van der Waals surface area contributed by atoms with Crippen LogP contribution in [0.1, 0.15) is 127 Å². The summed E-state index contributed by atoms with van der Waals surface area (Å²) in [4.78, 5) is 0. The minimum absolute atomic E-state index is 0.0119. The van der Waals surface area contributed by atoms with Gasteiger partial charge in [-0.1, -0.05) is 255 Å². The van der Waals surface area contributed by atoms with Crippen LogP contribution in [0.15, 0.2) is 225 Å². The summed E-state index contributed by atoms with van der Waals surface area (Å²) in [5, 5.41) is 3.77. The highest BCUT2D eigenvalue weighted by Crippen LogP contribution is 2.53. The highest BCUT2D eigenvalue weighted by atomic mass is 15.0. The third-order valence-corrected chi connectivity index (χ3v) is 12.4.